The number of esters is 1. The van der Waals surface area contributed by atoms with Crippen LogP contribution in [0.2, 0.25) is 0 Å². The smallest absolute Gasteiger partial charge is 0.433 e. The molecule has 0 aliphatic carbocycles. The van der Waals surface area contributed by atoms with Gasteiger partial charge in [-0.1, -0.05) is 18.2 Å². The van der Waals surface area contributed by atoms with Gasteiger partial charge in [-0.05, 0) is 39.8 Å². The number of benzene rings is 1. The molecule has 1 atom stereocenters. The van der Waals surface area contributed by atoms with Crippen molar-refractivity contribution in [3.8, 4) is 0 Å². The van der Waals surface area contributed by atoms with Crippen LogP contribution >= 0.6 is 0 Å². The van der Waals surface area contributed by atoms with Gasteiger partial charge in [-0.3, -0.25) is 0 Å². The number of rotatable bonds is 4. The summed E-state index contributed by atoms with van der Waals surface area (Å²) in [6.45, 7) is 6.99. The molecule has 0 N–H and O–H groups in total. The molecule has 0 fully saturated rings. The second kappa shape index (κ2) is 7.15. The molecule has 122 valence electrons. The number of nitrogens with zero attached hydrogens (tertiary/aromatic N) is 2. The summed E-state index contributed by atoms with van der Waals surface area (Å²) in [6, 6.07) is 8.17. The van der Waals surface area contributed by atoms with Crippen LogP contribution in [-0.4, -0.2) is 42.7 Å². The molecule has 0 saturated carbocycles. The fraction of sp³-hybridized carbons (Fsp3) is 0.500. The lowest BCUT2D eigenvalue weighted by molar-refractivity contribution is -0.157. The minimum Gasteiger partial charge on any atom is -0.458 e. The zero-order chi connectivity index (χ0) is 16.9. The van der Waals surface area contributed by atoms with E-state index in [4.69, 9.17) is 9.57 Å². The van der Waals surface area contributed by atoms with E-state index in [2.05, 4.69) is 0 Å². The highest BCUT2D eigenvalue weighted by Crippen LogP contribution is 2.20. The molecule has 1 rings (SSSR count). The summed E-state index contributed by atoms with van der Waals surface area (Å²) in [4.78, 5) is 30.7. The minimum absolute atomic E-state index is 0.470. The highest BCUT2D eigenvalue weighted by Gasteiger charge is 2.30. The van der Waals surface area contributed by atoms with Crippen molar-refractivity contribution in [1.82, 2.24) is 4.90 Å². The Labute approximate surface area is 131 Å². The van der Waals surface area contributed by atoms with Gasteiger partial charge < -0.3 is 14.5 Å². The zero-order valence-electron chi connectivity index (χ0n) is 14.0. The maximum Gasteiger partial charge on any atom is 0.433 e. The van der Waals surface area contributed by atoms with Crippen LogP contribution in [0.3, 0.4) is 0 Å². The van der Waals surface area contributed by atoms with Crippen LogP contribution in [0, 0.1) is 0 Å². The molecule has 6 nitrogen and oxygen atoms in total. The lowest BCUT2D eigenvalue weighted by Crippen LogP contribution is -2.45. The largest absolute Gasteiger partial charge is 0.458 e. The van der Waals surface area contributed by atoms with E-state index in [1.807, 2.05) is 6.07 Å². The molecular weight excluding hydrogens is 284 g/mol. The van der Waals surface area contributed by atoms with Crippen molar-refractivity contribution in [3.63, 3.8) is 0 Å². The third-order valence-corrected chi connectivity index (χ3v) is 2.65. The summed E-state index contributed by atoms with van der Waals surface area (Å²) < 4.78 is 5.36. The molecule has 0 aromatic heterocycles. The molecule has 22 heavy (non-hydrogen) atoms. The molecule has 1 amide bonds. The van der Waals surface area contributed by atoms with Gasteiger partial charge in [0.25, 0.3) is 0 Å². The van der Waals surface area contributed by atoms with Crippen LogP contribution in [0.15, 0.2) is 30.3 Å². The molecule has 1 aromatic carbocycles. The molecule has 1 aromatic rings. The van der Waals surface area contributed by atoms with Gasteiger partial charge in [0.15, 0.2) is 6.04 Å². The Balaban J connectivity index is 2.99. The Morgan fingerprint density at radius 3 is 2.09 bits per heavy atom. The van der Waals surface area contributed by atoms with Crippen LogP contribution in [0.4, 0.5) is 10.5 Å². The first-order valence-corrected chi connectivity index (χ1v) is 7.08. The summed E-state index contributed by atoms with van der Waals surface area (Å²) in [5, 5.41) is 1.26. The van der Waals surface area contributed by atoms with Crippen molar-refractivity contribution in [1.29, 1.82) is 0 Å². The van der Waals surface area contributed by atoms with E-state index in [9.17, 15) is 9.59 Å². The third kappa shape index (κ3) is 5.27. The van der Waals surface area contributed by atoms with Crippen LogP contribution < -0.4 is 5.06 Å². The van der Waals surface area contributed by atoms with E-state index in [0.717, 1.165) is 0 Å². The van der Waals surface area contributed by atoms with Crippen LogP contribution in [0.5, 0.6) is 0 Å². The van der Waals surface area contributed by atoms with E-state index >= 15 is 0 Å². The molecule has 0 unspecified atom stereocenters. The van der Waals surface area contributed by atoms with Gasteiger partial charge in [0.05, 0.1) is 5.69 Å². The van der Waals surface area contributed by atoms with E-state index in [0.29, 0.717) is 5.69 Å². The zero-order valence-corrected chi connectivity index (χ0v) is 14.0. The van der Waals surface area contributed by atoms with Crippen LogP contribution in [0.1, 0.15) is 27.7 Å². The topological polar surface area (TPSA) is 59.1 Å². The number of hydroxylamine groups is 1. The quantitative estimate of drug-likeness (QED) is 0.632. The third-order valence-electron chi connectivity index (χ3n) is 2.65. The number of carbonyl (C=O) groups excluding carboxylic acids is 2. The van der Waals surface area contributed by atoms with Gasteiger partial charge in [0, 0.05) is 14.1 Å². The predicted octanol–water partition coefficient (Wildman–Crippen LogP) is 2.84. The fourth-order valence-electron chi connectivity index (χ4n) is 1.58. The van der Waals surface area contributed by atoms with E-state index < -0.39 is 23.7 Å². The van der Waals surface area contributed by atoms with Gasteiger partial charge in [0.2, 0.25) is 0 Å². The molecular formula is C16H24N2O4. The molecule has 0 aliphatic heterocycles. The van der Waals surface area contributed by atoms with Crippen LogP contribution in [-0.2, 0) is 14.4 Å². The van der Waals surface area contributed by atoms with Crippen molar-refractivity contribution in [2.45, 2.75) is 39.3 Å². The number of amides is 1. The number of ether oxygens (including phenoxy) is 1. The fourth-order valence-corrected chi connectivity index (χ4v) is 1.58. The van der Waals surface area contributed by atoms with Crippen molar-refractivity contribution < 1.29 is 19.2 Å². The first-order valence-electron chi connectivity index (χ1n) is 7.08. The molecule has 0 saturated heterocycles. The molecule has 6 heteroatoms. The van der Waals surface area contributed by atoms with Crippen molar-refractivity contribution in [2.75, 3.05) is 19.2 Å². The summed E-state index contributed by atoms with van der Waals surface area (Å²) in [6.07, 6.45) is -0.570. The molecule has 0 radical (unpaired) electrons. The molecule has 0 spiro atoms. The highest BCUT2D eigenvalue weighted by atomic mass is 16.7. The molecule has 0 heterocycles. The van der Waals surface area contributed by atoms with Gasteiger partial charge >= 0.3 is 12.1 Å². The second-order valence-corrected chi connectivity index (χ2v) is 6.12. The maximum absolute atomic E-state index is 12.3. The number of carbonyl (C=O) groups is 2. The number of anilines is 1. The average Bonchev–Trinajstić information content (AvgIpc) is 2.42. The van der Waals surface area contributed by atoms with Crippen molar-refractivity contribution >= 4 is 17.7 Å². The number of para-hydroxylation sites is 1. The van der Waals surface area contributed by atoms with Gasteiger partial charge in [-0.25, -0.2) is 9.59 Å². The van der Waals surface area contributed by atoms with Crippen LogP contribution in [0.25, 0.3) is 0 Å². The molecule has 0 aliphatic rings. The minimum atomic E-state index is -0.773. The Kier molecular flexibility index (Phi) is 5.79. The van der Waals surface area contributed by atoms with Crippen molar-refractivity contribution in [3.05, 3.63) is 30.3 Å². The second-order valence-electron chi connectivity index (χ2n) is 6.12. The first-order chi connectivity index (χ1) is 10.1. The summed E-state index contributed by atoms with van der Waals surface area (Å²) in [5.74, 6) is -0.470. The normalized spacial score (nSPS) is 12.3. The average molecular weight is 308 g/mol. The van der Waals surface area contributed by atoms with E-state index in [1.165, 1.54) is 9.96 Å². The SMILES string of the molecule is C[C@@H](C(=O)OC(C)(C)C)N(OC(=O)N(C)C)c1ccccc1. The lowest BCUT2D eigenvalue weighted by Gasteiger charge is -2.30. The number of hydrogen-bond donors (Lipinski definition) is 0. The predicted molar refractivity (Wildman–Crippen MR) is 84.4 cm³/mol. The number of hydrogen-bond acceptors (Lipinski definition) is 5. The monoisotopic (exact) mass is 308 g/mol. The first kappa shape index (κ1) is 17.8. The van der Waals surface area contributed by atoms with Gasteiger partial charge in [0.1, 0.15) is 5.60 Å². The summed E-state index contributed by atoms with van der Waals surface area (Å²) in [5.41, 5.74) is -0.0183. The Morgan fingerprint density at radius 2 is 1.64 bits per heavy atom. The van der Waals surface area contributed by atoms with Crippen molar-refractivity contribution in [2.24, 2.45) is 0 Å². The lowest BCUT2D eigenvalue weighted by atomic mass is 10.2. The Morgan fingerprint density at radius 1 is 1.09 bits per heavy atom. The van der Waals surface area contributed by atoms with Gasteiger partial charge in [-0.2, -0.15) is 5.06 Å². The molecule has 0 bridgehead atoms. The van der Waals surface area contributed by atoms with Gasteiger partial charge in [-0.15, -0.1) is 0 Å². The Hall–Kier alpha value is -2.24. The van der Waals surface area contributed by atoms with E-state index in [-0.39, 0.29) is 0 Å². The Bertz CT molecular complexity index is 509. The standard InChI is InChI=1S/C16H24N2O4/c1-12(14(19)21-16(2,3)4)18(22-15(20)17(5)6)13-10-8-7-9-11-13/h7-12H,1-6H3/t12-/m0/s1. The highest BCUT2D eigenvalue weighted by molar-refractivity contribution is 5.80. The van der Waals surface area contributed by atoms with E-state index in [1.54, 1.807) is 66.1 Å². The summed E-state index contributed by atoms with van der Waals surface area (Å²) >= 11 is 0. The summed E-state index contributed by atoms with van der Waals surface area (Å²) in [7, 11) is 3.15. The maximum atomic E-state index is 12.3.